The predicted octanol–water partition coefficient (Wildman–Crippen LogP) is -0.822. The zero-order valence-electron chi connectivity index (χ0n) is 34.0. The van der Waals surface area contributed by atoms with Crippen LogP contribution in [0.5, 0.6) is 0 Å². The first-order chi connectivity index (χ1) is 30.2. The molecule has 2 aliphatic rings. The molecule has 0 saturated carbocycles. The van der Waals surface area contributed by atoms with E-state index in [1.54, 1.807) is 12.3 Å². The molecule has 1 aromatic heterocycles. The van der Waals surface area contributed by atoms with E-state index in [1.165, 1.54) is 15.7 Å². The van der Waals surface area contributed by atoms with Gasteiger partial charge in [0.05, 0.1) is 13.0 Å². The number of nitrogens with zero attached hydrogens (tertiary/aromatic N) is 2. The van der Waals surface area contributed by atoms with Gasteiger partial charge in [-0.2, -0.15) is 13.2 Å². The average Bonchev–Trinajstić information content (AvgIpc) is 3.88. The van der Waals surface area contributed by atoms with Crippen molar-refractivity contribution in [2.45, 2.75) is 87.8 Å². The average molecular weight is 947 g/mol. The lowest BCUT2D eigenvalue weighted by atomic mass is 10.0. The highest BCUT2D eigenvalue weighted by Crippen LogP contribution is 2.25. The summed E-state index contributed by atoms with van der Waals surface area (Å²) in [5.41, 5.74) is 12.1. The number of aliphatic carboxylic acids is 3. The van der Waals surface area contributed by atoms with Crippen molar-refractivity contribution in [1.82, 2.24) is 36.5 Å². The number of aromatic amines is 1. The number of hydrogen-bond acceptors (Lipinski definition) is 12. The number of benzene rings is 1. The van der Waals surface area contributed by atoms with Gasteiger partial charge in [0.2, 0.25) is 35.4 Å². The van der Waals surface area contributed by atoms with Crippen LogP contribution in [-0.4, -0.2) is 152 Å². The molecule has 27 heteroatoms. The van der Waals surface area contributed by atoms with Gasteiger partial charge in [-0.3, -0.25) is 38.6 Å². The van der Waals surface area contributed by atoms with Crippen LogP contribution >= 0.6 is 21.6 Å². The second-order valence-corrected chi connectivity index (χ2v) is 16.9. The molecule has 1 unspecified atom stereocenters. The summed E-state index contributed by atoms with van der Waals surface area (Å²) < 4.78 is 31.7. The molecule has 0 bridgehead atoms. The van der Waals surface area contributed by atoms with Gasteiger partial charge in [0.25, 0.3) is 0 Å². The molecule has 22 nitrogen and oxygen atoms in total. The summed E-state index contributed by atoms with van der Waals surface area (Å²) >= 11 is 0. The number of unbranched alkanes of at least 4 members (excludes halogenated alkanes) is 1. The number of nitrogens with two attached hydrogens (primary N) is 2. The highest BCUT2D eigenvalue weighted by molar-refractivity contribution is 8.76. The van der Waals surface area contributed by atoms with Crippen LogP contribution in [0.2, 0.25) is 0 Å². The third kappa shape index (κ3) is 17.1. The molecule has 13 N–H and O–H groups in total. The van der Waals surface area contributed by atoms with Gasteiger partial charge in [-0.25, -0.2) is 9.59 Å². The number of halogens is 3. The molecule has 6 amide bonds. The number of guanidine groups is 1. The van der Waals surface area contributed by atoms with Crippen LogP contribution in [0.1, 0.15) is 50.5 Å². The van der Waals surface area contributed by atoms with Gasteiger partial charge >= 0.3 is 24.1 Å². The fourth-order valence-corrected chi connectivity index (χ4v) is 8.52. The number of hydrogen-bond donors (Lipinski definition) is 11. The minimum absolute atomic E-state index is 0.0507. The minimum atomic E-state index is -5.08. The molecular formula is C37H49F3N10O12S2. The standard InChI is InChI=1S/C35H48N10O10S2.C2HF3O2/c36-35(37)38-11-4-3-8-22-30(50)40-17-28(47)42-23(15-29(48)49)31(51)43-24(14-19-16-39-21-7-2-1-6-20(19)21)33(53)45-12-5-9-26(45)32(52)44-25(34(54)55)18-57-56-13-10-27(46)41-22;3-2(4,5)1(6)7/h1-2,6-7,16,22-26,39H,3-5,8-15,17-18H2,(H,40,50)(H,41,46)(H,42,47)(H,43,51)(H,44,52)(H,48,49)(H,54,55)(H4,36,37,38);(H,6,7)/t22-,23+,24?,25+,26-;/m0./s1. The molecule has 0 aliphatic carbocycles. The van der Waals surface area contributed by atoms with Gasteiger partial charge in [-0.05, 0) is 43.7 Å². The topological polar surface area (TPSA) is 358 Å². The van der Waals surface area contributed by atoms with Crippen molar-refractivity contribution in [2.24, 2.45) is 16.5 Å². The Morgan fingerprint density at radius 1 is 0.859 bits per heavy atom. The minimum Gasteiger partial charge on any atom is -0.481 e. The second-order valence-electron chi connectivity index (χ2n) is 14.2. The zero-order chi connectivity index (χ0) is 47.6. The maximum Gasteiger partial charge on any atom is 0.490 e. The normalized spacial score (nSPS) is 22.3. The first kappa shape index (κ1) is 52.1. The van der Waals surface area contributed by atoms with Crippen LogP contribution in [0.3, 0.4) is 0 Å². The van der Waals surface area contributed by atoms with E-state index in [2.05, 4.69) is 36.6 Å². The van der Waals surface area contributed by atoms with Crippen LogP contribution in [0.4, 0.5) is 13.2 Å². The Kier molecular flexibility index (Phi) is 20.5. The summed E-state index contributed by atoms with van der Waals surface area (Å²) in [6.07, 6.45) is -2.79. The third-order valence-electron chi connectivity index (χ3n) is 9.44. The Morgan fingerprint density at radius 2 is 1.55 bits per heavy atom. The molecular weight excluding hydrogens is 898 g/mol. The first-order valence-electron chi connectivity index (χ1n) is 19.5. The lowest BCUT2D eigenvalue weighted by Gasteiger charge is -2.30. The number of carbonyl (C=O) groups is 9. The maximum atomic E-state index is 14.3. The number of carboxylic acids is 3. The van der Waals surface area contributed by atoms with Crippen LogP contribution in [-0.2, 0) is 49.6 Å². The van der Waals surface area contributed by atoms with Crippen LogP contribution in [0.25, 0.3) is 10.9 Å². The molecule has 0 spiro atoms. The number of nitrogens with one attached hydrogen (secondary N) is 6. The predicted molar refractivity (Wildman–Crippen MR) is 225 cm³/mol. The number of fused-ring (bicyclic) bond motifs is 2. The van der Waals surface area contributed by atoms with E-state index in [0.29, 0.717) is 24.8 Å². The molecule has 352 valence electrons. The smallest absolute Gasteiger partial charge is 0.481 e. The molecule has 2 fully saturated rings. The lowest BCUT2D eigenvalue weighted by molar-refractivity contribution is -0.192. The third-order valence-corrected chi connectivity index (χ3v) is 11.9. The van der Waals surface area contributed by atoms with Crippen LogP contribution < -0.4 is 38.1 Å². The summed E-state index contributed by atoms with van der Waals surface area (Å²) in [7, 11) is 2.31. The Bertz CT molecular complexity index is 2050. The number of alkyl halides is 3. The highest BCUT2D eigenvalue weighted by atomic mass is 33.1. The molecule has 4 rings (SSSR count). The number of amides is 6. The number of aliphatic imine (C=N–C) groups is 1. The number of aromatic nitrogens is 1. The van der Waals surface area contributed by atoms with Crippen molar-refractivity contribution >= 4 is 91.8 Å². The van der Waals surface area contributed by atoms with E-state index in [4.69, 9.17) is 21.4 Å². The fraction of sp³-hybridized carbons (Fsp3) is 0.514. The summed E-state index contributed by atoms with van der Waals surface area (Å²) in [6.45, 7) is -0.283. The fourth-order valence-electron chi connectivity index (χ4n) is 6.37. The summed E-state index contributed by atoms with van der Waals surface area (Å²) in [5, 5.41) is 39.9. The van der Waals surface area contributed by atoms with Crippen LogP contribution in [0, 0.1) is 0 Å². The Labute approximate surface area is 370 Å². The van der Waals surface area contributed by atoms with E-state index in [1.807, 2.05) is 18.2 Å². The number of carbonyl (C=O) groups excluding carboxylic acids is 6. The number of carboxylic acid groups (broad SMARTS) is 3. The quantitative estimate of drug-likeness (QED) is 0.0600. The monoisotopic (exact) mass is 946 g/mol. The van der Waals surface area contributed by atoms with Gasteiger partial charge in [-0.1, -0.05) is 39.8 Å². The summed E-state index contributed by atoms with van der Waals surface area (Å²) in [5.74, 6) is -9.97. The van der Waals surface area contributed by atoms with Crippen LogP contribution in [0.15, 0.2) is 35.5 Å². The molecule has 0 radical (unpaired) electrons. The van der Waals surface area contributed by atoms with Gasteiger partial charge in [0, 0.05) is 54.5 Å². The molecule has 2 aromatic rings. The van der Waals surface area contributed by atoms with Crippen molar-refractivity contribution in [3.05, 3.63) is 36.0 Å². The Morgan fingerprint density at radius 3 is 2.20 bits per heavy atom. The van der Waals surface area contributed by atoms with Crippen molar-refractivity contribution in [3.63, 3.8) is 0 Å². The molecule has 64 heavy (non-hydrogen) atoms. The van der Waals surface area contributed by atoms with Gasteiger partial charge in [0.15, 0.2) is 5.96 Å². The van der Waals surface area contributed by atoms with E-state index < -0.39 is 103 Å². The summed E-state index contributed by atoms with van der Waals surface area (Å²) in [6, 6.07) is 0.699. The van der Waals surface area contributed by atoms with Gasteiger partial charge in [0.1, 0.15) is 30.2 Å². The molecule has 2 saturated heterocycles. The first-order valence-corrected chi connectivity index (χ1v) is 22.0. The van der Waals surface area contributed by atoms with E-state index >= 15 is 0 Å². The number of rotatable bonds is 10. The number of para-hydroxylation sites is 1. The van der Waals surface area contributed by atoms with Gasteiger partial charge in [-0.15, -0.1) is 0 Å². The molecule has 3 heterocycles. The Balaban J connectivity index is 0.00000143. The van der Waals surface area contributed by atoms with E-state index in [-0.39, 0.29) is 56.2 Å². The SMILES string of the molecule is NC(N)=NCCCC[C@@H]1NC(=O)CCSSC[C@H](C(=O)O)NC(=O)[C@@H]2CCCN2C(=O)C(Cc2c[nH]c3ccccc23)NC(=O)[C@@H](CC(=O)O)NC(=O)CNC1=O.O=C(O)C(F)(F)F. The molecule has 2 aliphatic heterocycles. The zero-order valence-corrected chi connectivity index (χ0v) is 35.6. The second kappa shape index (κ2) is 25.1. The Hall–Kier alpha value is -6.25. The largest absolute Gasteiger partial charge is 0.490 e. The van der Waals surface area contributed by atoms with Crippen molar-refractivity contribution < 1.29 is 71.6 Å². The van der Waals surface area contributed by atoms with E-state index in [0.717, 1.165) is 21.7 Å². The van der Waals surface area contributed by atoms with Crippen molar-refractivity contribution in [2.75, 3.05) is 31.1 Å². The van der Waals surface area contributed by atoms with Gasteiger partial charge < -0.3 is 63.3 Å². The molecule has 5 atom stereocenters. The van der Waals surface area contributed by atoms with Crippen molar-refractivity contribution in [3.8, 4) is 0 Å². The molecule has 1 aromatic carbocycles. The van der Waals surface area contributed by atoms with E-state index in [9.17, 15) is 61.7 Å². The lowest BCUT2D eigenvalue weighted by Crippen LogP contribution is -2.59. The summed E-state index contributed by atoms with van der Waals surface area (Å²) in [4.78, 5) is 122. The highest BCUT2D eigenvalue weighted by Gasteiger charge is 2.40. The van der Waals surface area contributed by atoms with Crippen molar-refractivity contribution in [1.29, 1.82) is 0 Å². The maximum absolute atomic E-state index is 14.3. The number of H-pyrrole nitrogens is 1.